The third kappa shape index (κ3) is 1.51. The fourth-order valence-corrected chi connectivity index (χ4v) is 4.42. The van der Waals surface area contributed by atoms with Gasteiger partial charge in [-0.3, -0.25) is 0 Å². The Morgan fingerprint density at radius 3 is 2.44 bits per heavy atom. The zero-order chi connectivity index (χ0) is 12.1. The first kappa shape index (κ1) is 11.1. The number of phenols is 1. The van der Waals surface area contributed by atoms with Crippen LogP contribution in [0.1, 0.15) is 5.56 Å². The van der Waals surface area contributed by atoms with Gasteiger partial charge in [-0.05, 0) is 29.8 Å². The summed E-state index contributed by atoms with van der Waals surface area (Å²) in [7, 11) is -8.44. The molecule has 1 aliphatic heterocycles. The Kier molecular flexibility index (Phi) is 2.13. The van der Waals surface area contributed by atoms with Crippen LogP contribution in [0.3, 0.4) is 0 Å². The number of primary sulfonamides is 1. The second-order valence-corrected chi connectivity index (χ2v) is 6.91. The van der Waals surface area contributed by atoms with Gasteiger partial charge in [0.05, 0.1) is 4.90 Å². The highest BCUT2D eigenvalue weighted by Crippen LogP contribution is 2.36. The molecule has 0 fully saturated rings. The summed E-state index contributed by atoms with van der Waals surface area (Å²) in [5.74, 6) is -0.258. The number of aromatic hydroxyl groups is 1. The van der Waals surface area contributed by atoms with Crippen LogP contribution in [-0.2, 0) is 19.9 Å². The van der Waals surface area contributed by atoms with Crippen molar-refractivity contribution in [3.05, 3.63) is 28.0 Å². The predicted molar refractivity (Wildman–Crippen MR) is 56.4 cm³/mol. The Bertz CT molecular complexity index is 700. The van der Waals surface area contributed by atoms with Gasteiger partial charge in [0.25, 0.3) is 0 Å². The molecule has 0 amide bonds. The van der Waals surface area contributed by atoms with Gasteiger partial charge >= 0.3 is 0 Å². The Balaban J connectivity index is 2.80. The third-order valence-electron chi connectivity index (χ3n) is 2.11. The fraction of sp³-hybridized carbons (Fsp3) is 0. The smallest absolute Gasteiger partial charge is 0.249 e. The van der Waals surface area contributed by atoms with Crippen LogP contribution < -0.4 is 5.14 Å². The molecule has 0 aliphatic carbocycles. The van der Waals surface area contributed by atoms with Crippen molar-refractivity contribution >= 4 is 25.9 Å². The van der Waals surface area contributed by atoms with Crippen molar-refractivity contribution in [3.8, 4) is 5.75 Å². The van der Waals surface area contributed by atoms with E-state index in [1.165, 1.54) is 12.1 Å². The lowest BCUT2D eigenvalue weighted by molar-refractivity contribution is 0.473. The maximum Gasteiger partial charge on any atom is 0.249 e. The van der Waals surface area contributed by atoms with Gasteiger partial charge in [0.15, 0.2) is 4.24 Å². The van der Waals surface area contributed by atoms with Gasteiger partial charge in [0.2, 0.25) is 19.9 Å². The molecule has 0 atom stereocenters. The van der Waals surface area contributed by atoms with Gasteiger partial charge in [-0.25, -0.2) is 22.0 Å². The van der Waals surface area contributed by atoms with E-state index in [4.69, 9.17) is 10.2 Å². The predicted octanol–water partition coefficient (Wildman–Crippen LogP) is -0.234. The summed E-state index contributed by atoms with van der Waals surface area (Å²) in [6.45, 7) is 0. The largest absolute Gasteiger partial charge is 0.508 e. The first-order chi connectivity index (χ1) is 7.23. The van der Waals surface area contributed by atoms with Crippen LogP contribution in [0.15, 0.2) is 27.3 Å². The van der Waals surface area contributed by atoms with E-state index < -0.39 is 24.1 Å². The molecule has 0 unspecified atom stereocenters. The molecule has 8 heteroatoms. The van der Waals surface area contributed by atoms with Gasteiger partial charge in [-0.1, -0.05) is 0 Å². The molecule has 1 aliphatic rings. The van der Waals surface area contributed by atoms with Crippen LogP contribution >= 0.6 is 0 Å². The van der Waals surface area contributed by atoms with Crippen molar-refractivity contribution in [1.82, 2.24) is 0 Å². The summed E-state index contributed by atoms with van der Waals surface area (Å²) >= 11 is 0. The minimum absolute atomic E-state index is 0.196. The molecule has 16 heavy (non-hydrogen) atoms. The van der Waals surface area contributed by atoms with Crippen molar-refractivity contribution in [3.63, 3.8) is 0 Å². The fourth-order valence-electron chi connectivity index (χ4n) is 1.42. The number of phenolic OH excluding ortho intramolecular Hbond substituents is 1. The van der Waals surface area contributed by atoms with Crippen LogP contribution in [-0.4, -0.2) is 21.9 Å². The molecule has 1 aromatic carbocycles. The maximum atomic E-state index is 11.7. The lowest BCUT2D eigenvalue weighted by Crippen LogP contribution is -2.19. The highest BCUT2D eigenvalue weighted by atomic mass is 32.3. The van der Waals surface area contributed by atoms with Crippen molar-refractivity contribution in [2.45, 2.75) is 4.90 Å². The molecule has 0 saturated carbocycles. The van der Waals surface area contributed by atoms with Gasteiger partial charge in [-0.2, -0.15) is 0 Å². The number of sulfone groups is 1. The number of hydrogen-bond donors (Lipinski definition) is 2. The summed E-state index contributed by atoms with van der Waals surface area (Å²) in [5, 5.41) is 13.9. The number of rotatable bonds is 1. The standard InChI is InChI=1S/C8H7NO5S2/c9-16(13,14)8-3-5-1-2-6(10)4-7(5)15(8,11)12/h1-4,10H,(H2,9,13,14). The van der Waals surface area contributed by atoms with Gasteiger partial charge in [0, 0.05) is 0 Å². The van der Waals surface area contributed by atoms with E-state index in [1.807, 2.05) is 0 Å². The van der Waals surface area contributed by atoms with Crippen molar-refractivity contribution < 1.29 is 21.9 Å². The van der Waals surface area contributed by atoms with E-state index in [0.29, 0.717) is 0 Å². The van der Waals surface area contributed by atoms with Crippen molar-refractivity contribution in [2.24, 2.45) is 5.14 Å². The number of hydrogen-bond acceptors (Lipinski definition) is 5. The molecule has 0 aromatic heterocycles. The summed E-state index contributed by atoms with van der Waals surface area (Å²) in [6.07, 6.45) is 0.972. The Labute approximate surface area is 92.0 Å². The minimum atomic E-state index is -4.30. The van der Waals surface area contributed by atoms with Gasteiger partial charge in [-0.15, -0.1) is 0 Å². The van der Waals surface area contributed by atoms with E-state index >= 15 is 0 Å². The molecule has 6 nitrogen and oxygen atoms in total. The average Bonchev–Trinajstić information content (AvgIpc) is 2.38. The third-order valence-corrected chi connectivity index (χ3v) is 5.72. The Morgan fingerprint density at radius 1 is 1.25 bits per heavy atom. The SMILES string of the molecule is NS(=O)(=O)C1=Cc2ccc(O)cc2S1(=O)=O. The first-order valence-electron chi connectivity index (χ1n) is 4.05. The molecule has 0 bridgehead atoms. The molecular formula is C8H7NO5S2. The summed E-state index contributed by atoms with van der Waals surface area (Å²) in [4.78, 5) is -0.253. The number of nitrogens with two attached hydrogens (primary N) is 1. The molecule has 0 spiro atoms. The van der Waals surface area contributed by atoms with Crippen LogP contribution in [0, 0.1) is 0 Å². The second-order valence-electron chi connectivity index (χ2n) is 3.23. The summed E-state index contributed by atoms with van der Waals surface area (Å²) in [5.41, 5.74) is 0.196. The lowest BCUT2D eigenvalue weighted by Gasteiger charge is -2.01. The topological polar surface area (TPSA) is 115 Å². The van der Waals surface area contributed by atoms with E-state index in [-0.39, 0.29) is 16.2 Å². The molecule has 86 valence electrons. The zero-order valence-electron chi connectivity index (χ0n) is 7.78. The van der Waals surface area contributed by atoms with Crippen molar-refractivity contribution in [1.29, 1.82) is 0 Å². The van der Waals surface area contributed by atoms with Crippen molar-refractivity contribution in [2.75, 3.05) is 0 Å². The van der Waals surface area contributed by atoms with E-state index in [1.54, 1.807) is 0 Å². The highest BCUT2D eigenvalue weighted by molar-refractivity contribution is 8.14. The van der Waals surface area contributed by atoms with E-state index in [2.05, 4.69) is 0 Å². The monoisotopic (exact) mass is 261 g/mol. The minimum Gasteiger partial charge on any atom is -0.508 e. The quantitative estimate of drug-likeness (QED) is 0.724. The molecule has 0 radical (unpaired) electrons. The molecule has 3 N–H and O–H groups in total. The highest BCUT2D eigenvalue weighted by Gasteiger charge is 2.36. The van der Waals surface area contributed by atoms with Crippen LogP contribution in [0.2, 0.25) is 0 Å². The molecule has 2 rings (SSSR count). The first-order valence-corrected chi connectivity index (χ1v) is 7.08. The van der Waals surface area contributed by atoms with Crippen LogP contribution in [0.5, 0.6) is 5.75 Å². The number of fused-ring (bicyclic) bond motifs is 1. The normalized spacial score (nSPS) is 17.9. The van der Waals surface area contributed by atoms with Crippen LogP contribution in [0.4, 0.5) is 0 Å². The van der Waals surface area contributed by atoms with Gasteiger partial charge < -0.3 is 5.11 Å². The summed E-state index contributed by atoms with van der Waals surface area (Å²) < 4.78 is 44.8. The van der Waals surface area contributed by atoms with E-state index in [9.17, 15) is 16.8 Å². The number of sulfonamides is 1. The van der Waals surface area contributed by atoms with Gasteiger partial charge in [0.1, 0.15) is 5.75 Å². The summed E-state index contributed by atoms with van der Waals surface area (Å²) in [6, 6.07) is 3.55. The maximum absolute atomic E-state index is 11.7. The Hall–Kier alpha value is -1.38. The second kappa shape index (κ2) is 3.06. The molecular weight excluding hydrogens is 254 g/mol. The average molecular weight is 261 g/mol. The van der Waals surface area contributed by atoms with E-state index in [0.717, 1.165) is 12.1 Å². The Morgan fingerprint density at radius 2 is 1.88 bits per heavy atom. The molecule has 0 saturated heterocycles. The lowest BCUT2D eigenvalue weighted by atomic mass is 10.2. The molecule has 1 heterocycles. The van der Waals surface area contributed by atoms with Crippen LogP contribution in [0.25, 0.3) is 6.08 Å². The zero-order valence-corrected chi connectivity index (χ0v) is 9.42. The molecule has 1 aromatic rings. The number of benzene rings is 1.